The Morgan fingerprint density at radius 1 is 1.33 bits per heavy atom. The Hall–Kier alpha value is -1.02. The SMILES string of the molecule is c1cc2c(cc1[C@@H]1CCCNC1)CCO2. The van der Waals surface area contributed by atoms with Crippen molar-refractivity contribution in [3.63, 3.8) is 0 Å². The second kappa shape index (κ2) is 3.86. The molecule has 0 aliphatic carbocycles. The lowest BCUT2D eigenvalue weighted by Crippen LogP contribution is -2.28. The number of nitrogens with one attached hydrogen (secondary N) is 1. The van der Waals surface area contributed by atoms with Crippen LogP contribution in [0.25, 0.3) is 0 Å². The highest BCUT2D eigenvalue weighted by Crippen LogP contribution is 2.30. The number of ether oxygens (including phenoxy) is 1. The fourth-order valence-electron chi connectivity index (χ4n) is 2.60. The Bertz CT molecular complexity index is 356. The van der Waals surface area contributed by atoms with Crippen LogP contribution in [0.4, 0.5) is 0 Å². The first-order chi connectivity index (χ1) is 7.43. The van der Waals surface area contributed by atoms with E-state index in [2.05, 4.69) is 23.5 Å². The van der Waals surface area contributed by atoms with Crippen molar-refractivity contribution in [3.05, 3.63) is 29.3 Å². The number of hydrogen-bond donors (Lipinski definition) is 1. The summed E-state index contributed by atoms with van der Waals surface area (Å²) < 4.78 is 5.53. The predicted octanol–water partition coefficient (Wildman–Crippen LogP) is 2.09. The molecule has 2 aliphatic heterocycles. The van der Waals surface area contributed by atoms with Gasteiger partial charge in [0.05, 0.1) is 6.61 Å². The Morgan fingerprint density at radius 2 is 2.33 bits per heavy atom. The first-order valence-electron chi connectivity index (χ1n) is 5.90. The minimum Gasteiger partial charge on any atom is -0.493 e. The Balaban J connectivity index is 1.85. The molecule has 0 radical (unpaired) electrons. The van der Waals surface area contributed by atoms with Crippen molar-refractivity contribution in [2.75, 3.05) is 19.7 Å². The van der Waals surface area contributed by atoms with E-state index in [1.807, 2.05) is 0 Å². The van der Waals surface area contributed by atoms with Gasteiger partial charge < -0.3 is 10.1 Å². The largest absolute Gasteiger partial charge is 0.493 e. The van der Waals surface area contributed by atoms with E-state index in [4.69, 9.17) is 4.74 Å². The van der Waals surface area contributed by atoms with E-state index in [1.54, 1.807) is 0 Å². The van der Waals surface area contributed by atoms with Gasteiger partial charge in [-0.3, -0.25) is 0 Å². The molecule has 0 spiro atoms. The van der Waals surface area contributed by atoms with Crippen molar-refractivity contribution >= 4 is 0 Å². The monoisotopic (exact) mass is 203 g/mol. The summed E-state index contributed by atoms with van der Waals surface area (Å²) >= 11 is 0. The van der Waals surface area contributed by atoms with E-state index in [0.29, 0.717) is 5.92 Å². The van der Waals surface area contributed by atoms with Crippen LogP contribution in [0.2, 0.25) is 0 Å². The van der Waals surface area contributed by atoms with Crippen molar-refractivity contribution in [3.8, 4) is 5.75 Å². The topological polar surface area (TPSA) is 21.3 Å². The average Bonchev–Trinajstić information content (AvgIpc) is 2.77. The lowest BCUT2D eigenvalue weighted by molar-refractivity contribution is 0.356. The van der Waals surface area contributed by atoms with Gasteiger partial charge in [0.25, 0.3) is 0 Å². The van der Waals surface area contributed by atoms with Gasteiger partial charge in [0.1, 0.15) is 5.75 Å². The van der Waals surface area contributed by atoms with Crippen LogP contribution in [0.15, 0.2) is 18.2 Å². The molecule has 80 valence electrons. The van der Waals surface area contributed by atoms with Crippen LogP contribution in [0.3, 0.4) is 0 Å². The molecule has 0 unspecified atom stereocenters. The van der Waals surface area contributed by atoms with Crippen LogP contribution in [0, 0.1) is 0 Å². The van der Waals surface area contributed by atoms with Gasteiger partial charge in [0.2, 0.25) is 0 Å². The molecule has 0 aromatic heterocycles. The van der Waals surface area contributed by atoms with Gasteiger partial charge in [-0.15, -0.1) is 0 Å². The lowest BCUT2D eigenvalue weighted by Gasteiger charge is -2.23. The summed E-state index contributed by atoms with van der Waals surface area (Å²) in [6, 6.07) is 6.73. The fraction of sp³-hybridized carbons (Fsp3) is 0.538. The highest BCUT2D eigenvalue weighted by atomic mass is 16.5. The molecular weight excluding hydrogens is 186 g/mol. The predicted molar refractivity (Wildman–Crippen MR) is 60.5 cm³/mol. The number of hydrogen-bond acceptors (Lipinski definition) is 2. The van der Waals surface area contributed by atoms with Gasteiger partial charge in [-0.25, -0.2) is 0 Å². The van der Waals surface area contributed by atoms with Gasteiger partial charge in [0, 0.05) is 13.0 Å². The van der Waals surface area contributed by atoms with Crippen molar-refractivity contribution in [2.24, 2.45) is 0 Å². The summed E-state index contributed by atoms with van der Waals surface area (Å²) in [4.78, 5) is 0. The van der Waals surface area contributed by atoms with Crippen LogP contribution in [0.1, 0.15) is 29.9 Å². The van der Waals surface area contributed by atoms with E-state index in [-0.39, 0.29) is 0 Å². The molecule has 2 heterocycles. The van der Waals surface area contributed by atoms with E-state index < -0.39 is 0 Å². The normalized spacial score (nSPS) is 24.7. The molecule has 0 saturated carbocycles. The number of benzene rings is 1. The third-order valence-corrected chi connectivity index (χ3v) is 3.48. The van der Waals surface area contributed by atoms with Gasteiger partial charge in [-0.2, -0.15) is 0 Å². The van der Waals surface area contributed by atoms with Crippen LogP contribution < -0.4 is 10.1 Å². The molecule has 2 nitrogen and oxygen atoms in total. The molecule has 0 bridgehead atoms. The van der Waals surface area contributed by atoms with Gasteiger partial charge in [0.15, 0.2) is 0 Å². The van der Waals surface area contributed by atoms with Crippen molar-refractivity contribution in [2.45, 2.75) is 25.2 Å². The van der Waals surface area contributed by atoms with E-state index in [0.717, 1.165) is 25.3 Å². The van der Waals surface area contributed by atoms with Gasteiger partial charge in [-0.05, 0) is 42.5 Å². The highest BCUT2D eigenvalue weighted by Gasteiger charge is 2.18. The van der Waals surface area contributed by atoms with Crippen molar-refractivity contribution in [1.29, 1.82) is 0 Å². The molecule has 3 rings (SSSR count). The van der Waals surface area contributed by atoms with Crippen molar-refractivity contribution < 1.29 is 4.74 Å². The first-order valence-corrected chi connectivity index (χ1v) is 5.90. The molecule has 2 aliphatic rings. The van der Waals surface area contributed by atoms with Crippen LogP contribution in [-0.4, -0.2) is 19.7 Å². The van der Waals surface area contributed by atoms with Crippen LogP contribution >= 0.6 is 0 Å². The Morgan fingerprint density at radius 3 is 3.20 bits per heavy atom. The summed E-state index contributed by atoms with van der Waals surface area (Å²) in [5.41, 5.74) is 2.89. The molecule has 0 amide bonds. The molecule has 1 aromatic rings. The summed E-state index contributed by atoms with van der Waals surface area (Å²) in [7, 11) is 0. The maximum Gasteiger partial charge on any atom is 0.122 e. The van der Waals surface area contributed by atoms with Crippen LogP contribution in [0.5, 0.6) is 5.75 Å². The second-order valence-corrected chi connectivity index (χ2v) is 4.51. The lowest BCUT2D eigenvalue weighted by atomic mass is 9.90. The summed E-state index contributed by atoms with van der Waals surface area (Å²) in [5, 5.41) is 3.47. The van der Waals surface area contributed by atoms with E-state index in [1.165, 1.54) is 30.5 Å². The number of piperidine rings is 1. The zero-order valence-corrected chi connectivity index (χ0v) is 8.96. The van der Waals surface area contributed by atoms with E-state index in [9.17, 15) is 0 Å². The molecule has 1 atom stereocenters. The minimum absolute atomic E-state index is 0.713. The molecule has 1 N–H and O–H groups in total. The van der Waals surface area contributed by atoms with Gasteiger partial charge >= 0.3 is 0 Å². The Kier molecular flexibility index (Phi) is 2.37. The molecule has 1 saturated heterocycles. The van der Waals surface area contributed by atoms with Crippen LogP contribution in [-0.2, 0) is 6.42 Å². The smallest absolute Gasteiger partial charge is 0.122 e. The summed E-state index contributed by atoms with van der Waals surface area (Å²) in [6.07, 6.45) is 3.72. The summed E-state index contributed by atoms with van der Waals surface area (Å²) in [5.74, 6) is 1.81. The molecule has 1 aromatic carbocycles. The average molecular weight is 203 g/mol. The highest BCUT2D eigenvalue weighted by molar-refractivity contribution is 5.41. The molecule has 15 heavy (non-hydrogen) atoms. The number of fused-ring (bicyclic) bond motifs is 1. The standard InChI is InChI=1S/C13H17NO/c1-2-12(9-14-6-1)10-3-4-13-11(8-10)5-7-15-13/h3-4,8,12,14H,1-2,5-7,9H2/t12-/m1/s1. The second-order valence-electron chi connectivity index (χ2n) is 4.51. The molecular formula is C13H17NO. The molecule has 2 heteroatoms. The summed E-state index contributed by atoms with van der Waals surface area (Å²) in [6.45, 7) is 3.19. The fourth-order valence-corrected chi connectivity index (χ4v) is 2.60. The third-order valence-electron chi connectivity index (χ3n) is 3.48. The zero-order chi connectivity index (χ0) is 10.1. The third kappa shape index (κ3) is 1.74. The van der Waals surface area contributed by atoms with Crippen molar-refractivity contribution in [1.82, 2.24) is 5.32 Å². The maximum atomic E-state index is 5.53. The Labute approximate surface area is 90.6 Å². The first kappa shape index (κ1) is 9.22. The molecule has 1 fully saturated rings. The van der Waals surface area contributed by atoms with Gasteiger partial charge in [-0.1, -0.05) is 12.1 Å². The zero-order valence-electron chi connectivity index (χ0n) is 8.96. The minimum atomic E-state index is 0.713. The quantitative estimate of drug-likeness (QED) is 0.754. The van der Waals surface area contributed by atoms with E-state index >= 15 is 0 Å². The number of rotatable bonds is 1. The maximum absolute atomic E-state index is 5.53.